The Bertz CT molecular complexity index is 610. The number of rotatable bonds is 3. The van der Waals surface area contributed by atoms with Crippen molar-refractivity contribution in [3.63, 3.8) is 0 Å². The fourth-order valence-corrected chi connectivity index (χ4v) is 2.76. The van der Waals surface area contributed by atoms with Crippen LogP contribution in [0.3, 0.4) is 0 Å². The molecule has 0 fully saturated rings. The first-order valence-electron chi connectivity index (χ1n) is 6.21. The van der Waals surface area contributed by atoms with Crippen molar-refractivity contribution in [2.45, 2.75) is 25.4 Å². The van der Waals surface area contributed by atoms with Crippen LogP contribution >= 0.6 is 11.3 Å². The summed E-state index contributed by atoms with van der Waals surface area (Å²) < 4.78 is 6.85. The van der Waals surface area contributed by atoms with E-state index in [0.29, 0.717) is 10.2 Å². The number of thiazole rings is 1. The van der Waals surface area contributed by atoms with Gasteiger partial charge in [0, 0.05) is 6.54 Å². The second kappa shape index (κ2) is 5.45. The normalized spacial score (nSPS) is 17.4. The molecule has 0 radical (unpaired) electrons. The molecule has 2 amide bonds. The fraction of sp³-hybridized carbons (Fsp3) is 0.455. The van der Waals surface area contributed by atoms with Crippen LogP contribution in [0.2, 0.25) is 0 Å². The molecule has 3 rings (SSSR count). The van der Waals surface area contributed by atoms with Crippen molar-refractivity contribution < 1.29 is 9.53 Å². The maximum absolute atomic E-state index is 12.0. The standard InChI is InChI=1S/C11H14N6O2S/c1-19-8-5-12-11(20-8)16-10(18)15-7-3-2-4-17-9(7)13-6-14-17/h5-7H,2-4H2,1H3,(H2,12,15,16,18). The van der Waals surface area contributed by atoms with Crippen molar-refractivity contribution in [2.24, 2.45) is 0 Å². The topological polar surface area (TPSA) is 94.0 Å². The Balaban J connectivity index is 1.62. The SMILES string of the molecule is COc1cnc(NC(=O)NC2CCCn3ncnc32)s1. The molecule has 8 nitrogen and oxygen atoms in total. The van der Waals surface area contributed by atoms with Gasteiger partial charge in [-0.3, -0.25) is 5.32 Å². The van der Waals surface area contributed by atoms with E-state index in [4.69, 9.17) is 4.74 Å². The lowest BCUT2D eigenvalue weighted by Gasteiger charge is -2.22. The Morgan fingerprint density at radius 1 is 1.55 bits per heavy atom. The number of ether oxygens (including phenoxy) is 1. The molecule has 0 bridgehead atoms. The number of amides is 2. The lowest BCUT2D eigenvalue weighted by atomic mass is 10.1. The Morgan fingerprint density at radius 2 is 2.45 bits per heavy atom. The van der Waals surface area contributed by atoms with E-state index in [1.54, 1.807) is 13.3 Å². The van der Waals surface area contributed by atoms with E-state index in [-0.39, 0.29) is 12.1 Å². The zero-order valence-electron chi connectivity index (χ0n) is 10.9. The molecule has 1 unspecified atom stereocenters. The number of aromatic nitrogens is 4. The smallest absolute Gasteiger partial charge is 0.321 e. The van der Waals surface area contributed by atoms with Crippen molar-refractivity contribution in [1.29, 1.82) is 0 Å². The first kappa shape index (κ1) is 12.9. The first-order chi connectivity index (χ1) is 9.76. The van der Waals surface area contributed by atoms with E-state index in [9.17, 15) is 4.79 Å². The number of methoxy groups -OCH3 is 1. The molecule has 2 aromatic rings. The van der Waals surface area contributed by atoms with E-state index in [1.165, 1.54) is 17.7 Å². The van der Waals surface area contributed by atoms with Gasteiger partial charge in [0.15, 0.2) is 10.2 Å². The van der Waals surface area contributed by atoms with E-state index in [1.807, 2.05) is 4.68 Å². The summed E-state index contributed by atoms with van der Waals surface area (Å²) in [5.74, 6) is 0.795. The first-order valence-corrected chi connectivity index (χ1v) is 7.03. The number of hydrogen-bond acceptors (Lipinski definition) is 6. The van der Waals surface area contributed by atoms with Crippen LogP contribution in [-0.4, -0.2) is 32.9 Å². The molecule has 1 atom stereocenters. The van der Waals surface area contributed by atoms with Crippen LogP contribution in [0.4, 0.5) is 9.93 Å². The number of carbonyl (C=O) groups excluding carboxylic acids is 1. The molecule has 0 aliphatic carbocycles. The van der Waals surface area contributed by atoms with Crippen LogP contribution in [0.25, 0.3) is 0 Å². The summed E-state index contributed by atoms with van der Waals surface area (Å²) in [5.41, 5.74) is 0. The Labute approximate surface area is 119 Å². The van der Waals surface area contributed by atoms with E-state index < -0.39 is 0 Å². The highest BCUT2D eigenvalue weighted by molar-refractivity contribution is 7.17. The second-order valence-corrected chi connectivity index (χ2v) is 5.32. The van der Waals surface area contributed by atoms with E-state index in [2.05, 4.69) is 25.7 Å². The van der Waals surface area contributed by atoms with E-state index >= 15 is 0 Å². The lowest BCUT2D eigenvalue weighted by molar-refractivity contribution is 0.244. The van der Waals surface area contributed by atoms with Crippen molar-refractivity contribution >= 4 is 22.5 Å². The Hall–Kier alpha value is -2.16. The molecule has 1 aliphatic heterocycles. The van der Waals surface area contributed by atoms with Gasteiger partial charge in [0.05, 0.1) is 19.3 Å². The third-order valence-corrected chi connectivity index (χ3v) is 3.91. The molecule has 0 aromatic carbocycles. The summed E-state index contributed by atoms with van der Waals surface area (Å²) in [5, 5.41) is 10.8. The summed E-state index contributed by atoms with van der Waals surface area (Å²) >= 11 is 1.27. The molecular formula is C11H14N6O2S. The molecule has 1 aliphatic rings. The molecule has 20 heavy (non-hydrogen) atoms. The minimum atomic E-state index is -0.302. The van der Waals surface area contributed by atoms with Crippen molar-refractivity contribution in [3.8, 4) is 5.06 Å². The number of aryl methyl sites for hydroxylation is 1. The molecule has 106 valence electrons. The van der Waals surface area contributed by atoms with Crippen molar-refractivity contribution in [3.05, 3.63) is 18.3 Å². The number of urea groups is 1. The van der Waals surface area contributed by atoms with Crippen LogP contribution in [0.15, 0.2) is 12.5 Å². The number of nitrogens with one attached hydrogen (secondary N) is 2. The summed E-state index contributed by atoms with van der Waals surface area (Å²) in [6.07, 6.45) is 4.90. The number of nitrogens with zero attached hydrogens (tertiary/aromatic N) is 4. The monoisotopic (exact) mass is 294 g/mol. The van der Waals surface area contributed by atoms with Gasteiger partial charge >= 0.3 is 6.03 Å². The maximum atomic E-state index is 12.0. The second-order valence-electron chi connectivity index (χ2n) is 4.32. The number of anilines is 1. The molecule has 9 heteroatoms. The van der Waals surface area contributed by atoms with E-state index in [0.717, 1.165) is 25.2 Å². The van der Waals surface area contributed by atoms with Gasteiger partial charge in [-0.15, -0.1) is 0 Å². The Kier molecular flexibility index (Phi) is 3.50. The van der Waals surface area contributed by atoms with Crippen LogP contribution in [-0.2, 0) is 6.54 Å². The van der Waals surface area contributed by atoms with Crippen LogP contribution < -0.4 is 15.4 Å². The molecule has 0 saturated heterocycles. The Morgan fingerprint density at radius 3 is 3.25 bits per heavy atom. The van der Waals surface area contributed by atoms with Gasteiger partial charge in [-0.25, -0.2) is 19.4 Å². The summed E-state index contributed by atoms with van der Waals surface area (Å²) in [4.78, 5) is 20.2. The van der Waals surface area contributed by atoms with Gasteiger partial charge in [-0.05, 0) is 12.8 Å². The van der Waals surface area contributed by atoms with Gasteiger partial charge in [-0.1, -0.05) is 11.3 Å². The zero-order chi connectivity index (χ0) is 13.9. The third-order valence-electron chi connectivity index (χ3n) is 3.03. The number of carbonyl (C=O) groups is 1. The number of hydrogen-bond donors (Lipinski definition) is 2. The van der Waals surface area contributed by atoms with Crippen LogP contribution in [0, 0.1) is 0 Å². The van der Waals surface area contributed by atoms with Gasteiger partial charge in [0.25, 0.3) is 0 Å². The van der Waals surface area contributed by atoms with Crippen molar-refractivity contribution in [1.82, 2.24) is 25.1 Å². The molecule has 3 heterocycles. The lowest BCUT2D eigenvalue weighted by Crippen LogP contribution is -2.36. The fourth-order valence-electron chi connectivity index (χ4n) is 2.13. The van der Waals surface area contributed by atoms with Gasteiger partial charge < -0.3 is 10.1 Å². The highest BCUT2D eigenvalue weighted by Crippen LogP contribution is 2.25. The van der Waals surface area contributed by atoms with Crippen molar-refractivity contribution in [2.75, 3.05) is 12.4 Å². The maximum Gasteiger partial charge on any atom is 0.321 e. The minimum Gasteiger partial charge on any atom is -0.486 e. The van der Waals surface area contributed by atoms with Gasteiger partial charge in [0.2, 0.25) is 0 Å². The van der Waals surface area contributed by atoms with Crippen LogP contribution in [0.1, 0.15) is 24.7 Å². The molecule has 2 N–H and O–H groups in total. The predicted molar refractivity (Wildman–Crippen MR) is 72.8 cm³/mol. The zero-order valence-corrected chi connectivity index (χ0v) is 11.7. The quantitative estimate of drug-likeness (QED) is 0.892. The molecule has 2 aromatic heterocycles. The van der Waals surface area contributed by atoms with Gasteiger partial charge in [0.1, 0.15) is 12.2 Å². The highest BCUT2D eigenvalue weighted by Gasteiger charge is 2.24. The van der Waals surface area contributed by atoms with Crippen LogP contribution in [0.5, 0.6) is 5.06 Å². The third kappa shape index (κ3) is 2.57. The molecule has 0 saturated carbocycles. The summed E-state index contributed by atoms with van der Waals surface area (Å²) in [6.45, 7) is 0.846. The van der Waals surface area contributed by atoms with Gasteiger partial charge in [-0.2, -0.15) is 5.10 Å². The molecule has 0 spiro atoms. The number of fused-ring (bicyclic) bond motifs is 1. The summed E-state index contributed by atoms with van der Waals surface area (Å²) in [7, 11) is 1.56. The average molecular weight is 294 g/mol. The predicted octanol–water partition coefficient (Wildman–Crippen LogP) is 1.40. The summed E-state index contributed by atoms with van der Waals surface area (Å²) in [6, 6.07) is -0.420. The highest BCUT2D eigenvalue weighted by atomic mass is 32.1. The minimum absolute atomic E-state index is 0.117. The molecular weight excluding hydrogens is 280 g/mol. The average Bonchev–Trinajstić information content (AvgIpc) is 3.07. The largest absolute Gasteiger partial charge is 0.486 e.